The summed E-state index contributed by atoms with van der Waals surface area (Å²) in [6, 6.07) is 20.4. The van der Waals surface area contributed by atoms with E-state index in [9.17, 15) is 18.0 Å². The van der Waals surface area contributed by atoms with Crippen LogP contribution in [0.3, 0.4) is 0 Å². The first-order valence-corrected chi connectivity index (χ1v) is 11.2. The number of halogens is 3. The molecule has 0 aliphatic rings. The maximum atomic E-state index is 13.1. The molecule has 3 aromatic rings. The number of rotatable bonds is 11. The largest absolute Gasteiger partial charge is 0.478 e. The Hall–Kier alpha value is -3.16. The minimum atomic E-state index is -4.36. The molecule has 0 aliphatic heterocycles. The minimum Gasteiger partial charge on any atom is -0.478 e. The molecule has 0 amide bonds. The van der Waals surface area contributed by atoms with Gasteiger partial charge in [-0.15, -0.1) is 0 Å². The van der Waals surface area contributed by atoms with Crippen molar-refractivity contribution in [3.8, 4) is 0 Å². The molecule has 3 aromatic carbocycles. The molecule has 0 fully saturated rings. The van der Waals surface area contributed by atoms with Crippen molar-refractivity contribution in [1.82, 2.24) is 10.2 Å². The fraction of sp³-hybridized carbons (Fsp3) is 0.296. The van der Waals surface area contributed by atoms with Crippen LogP contribution in [0.15, 0.2) is 72.8 Å². The van der Waals surface area contributed by atoms with Gasteiger partial charge < -0.3 is 10.4 Å². The molecular weight excluding hydrogens is 441 g/mol. The van der Waals surface area contributed by atoms with Crippen LogP contribution in [-0.2, 0) is 25.8 Å². The van der Waals surface area contributed by atoms with E-state index in [0.717, 1.165) is 42.3 Å². The summed E-state index contributed by atoms with van der Waals surface area (Å²) < 4.78 is 39.4. The van der Waals surface area contributed by atoms with Crippen LogP contribution < -0.4 is 5.32 Å². The molecule has 4 nitrogen and oxygen atoms in total. The topological polar surface area (TPSA) is 52.6 Å². The molecule has 0 aromatic heterocycles. The summed E-state index contributed by atoms with van der Waals surface area (Å²) in [5.74, 6) is -0.950. The van der Waals surface area contributed by atoms with E-state index in [1.807, 2.05) is 31.2 Å². The standard InChI is InChI=1S/C27H29F3N2O2/c1-20-6-8-22(9-7-20)18-32(19-23-4-2-5-25(16-23)27(28,29)30)15-3-14-31-17-21-10-12-24(13-11-21)26(33)34/h2,4-13,16,31H,3,14-15,17-19H2,1H3,(H,33,34). The third-order valence-corrected chi connectivity index (χ3v) is 5.55. The fourth-order valence-electron chi connectivity index (χ4n) is 3.70. The van der Waals surface area contributed by atoms with E-state index in [-0.39, 0.29) is 5.56 Å². The Morgan fingerprint density at radius 1 is 0.912 bits per heavy atom. The van der Waals surface area contributed by atoms with Gasteiger partial charge in [0.1, 0.15) is 0 Å². The molecule has 0 spiro atoms. The van der Waals surface area contributed by atoms with E-state index < -0.39 is 17.7 Å². The molecular formula is C27H29F3N2O2. The van der Waals surface area contributed by atoms with Crippen LogP contribution in [0, 0.1) is 6.92 Å². The van der Waals surface area contributed by atoms with Crippen molar-refractivity contribution in [1.29, 1.82) is 0 Å². The number of benzene rings is 3. The summed E-state index contributed by atoms with van der Waals surface area (Å²) in [5, 5.41) is 12.3. The number of aromatic carboxylic acids is 1. The number of carbonyl (C=O) groups is 1. The lowest BCUT2D eigenvalue weighted by Gasteiger charge is -2.23. The summed E-state index contributed by atoms with van der Waals surface area (Å²) in [5.41, 5.74) is 3.53. The highest BCUT2D eigenvalue weighted by Gasteiger charge is 2.30. The zero-order valence-electron chi connectivity index (χ0n) is 19.1. The molecule has 0 atom stereocenters. The Morgan fingerprint density at radius 2 is 1.56 bits per heavy atom. The van der Waals surface area contributed by atoms with Gasteiger partial charge in [0.2, 0.25) is 0 Å². The quantitative estimate of drug-likeness (QED) is 0.343. The number of hydrogen-bond donors (Lipinski definition) is 2. The van der Waals surface area contributed by atoms with Crippen LogP contribution in [0.25, 0.3) is 0 Å². The van der Waals surface area contributed by atoms with Crippen LogP contribution in [-0.4, -0.2) is 29.1 Å². The van der Waals surface area contributed by atoms with Crippen molar-refractivity contribution in [2.24, 2.45) is 0 Å². The minimum absolute atomic E-state index is 0.255. The van der Waals surface area contributed by atoms with Gasteiger partial charge >= 0.3 is 12.1 Å². The summed E-state index contributed by atoms with van der Waals surface area (Å²) >= 11 is 0. The second kappa shape index (κ2) is 11.8. The van der Waals surface area contributed by atoms with Gasteiger partial charge in [0.15, 0.2) is 0 Å². The average molecular weight is 471 g/mol. The number of aryl methyl sites for hydroxylation is 1. The lowest BCUT2D eigenvalue weighted by Crippen LogP contribution is -2.27. The van der Waals surface area contributed by atoms with Crippen molar-refractivity contribution in [3.05, 3.63) is 106 Å². The monoisotopic (exact) mass is 470 g/mol. The van der Waals surface area contributed by atoms with Crippen molar-refractivity contribution >= 4 is 5.97 Å². The van der Waals surface area contributed by atoms with Gasteiger partial charge in [-0.05, 0) is 54.8 Å². The average Bonchev–Trinajstić information content (AvgIpc) is 2.80. The van der Waals surface area contributed by atoms with Crippen LogP contribution in [0.4, 0.5) is 13.2 Å². The second-order valence-electron chi connectivity index (χ2n) is 8.43. The number of carboxylic acids is 1. The second-order valence-corrected chi connectivity index (χ2v) is 8.43. The third-order valence-electron chi connectivity index (χ3n) is 5.55. The number of hydrogen-bond acceptors (Lipinski definition) is 3. The van der Waals surface area contributed by atoms with Crippen LogP contribution in [0.1, 0.15) is 44.6 Å². The SMILES string of the molecule is Cc1ccc(CN(CCCNCc2ccc(C(=O)O)cc2)Cc2cccc(C(F)(F)F)c2)cc1. The summed E-state index contributed by atoms with van der Waals surface area (Å²) in [4.78, 5) is 13.1. The van der Waals surface area contributed by atoms with Crippen LogP contribution in [0.5, 0.6) is 0 Å². The van der Waals surface area contributed by atoms with Gasteiger partial charge in [-0.1, -0.05) is 60.2 Å². The van der Waals surface area contributed by atoms with E-state index in [0.29, 0.717) is 25.2 Å². The molecule has 0 aliphatic carbocycles. The summed E-state index contributed by atoms with van der Waals surface area (Å²) in [6.45, 7) is 5.15. The molecule has 0 saturated carbocycles. The molecule has 7 heteroatoms. The van der Waals surface area contributed by atoms with E-state index in [2.05, 4.69) is 10.2 Å². The molecule has 3 rings (SSSR count). The molecule has 180 valence electrons. The van der Waals surface area contributed by atoms with Gasteiger partial charge in [0.05, 0.1) is 11.1 Å². The summed E-state index contributed by atoms with van der Waals surface area (Å²) in [7, 11) is 0. The fourth-order valence-corrected chi connectivity index (χ4v) is 3.70. The Balaban J connectivity index is 1.57. The zero-order valence-corrected chi connectivity index (χ0v) is 19.1. The molecule has 2 N–H and O–H groups in total. The first kappa shape index (κ1) is 25.5. The van der Waals surface area contributed by atoms with Gasteiger partial charge in [-0.3, -0.25) is 4.90 Å². The molecule has 0 bridgehead atoms. The predicted octanol–water partition coefficient (Wildman–Crippen LogP) is 5.89. The first-order chi connectivity index (χ1) is 16.2. The maximum Gasteiger partial charge on any atom is 0.416 e. The van der Waals surface area contributed by atoms with Crippen molar-refractivity contribution in [3.63, 3.8) is 0 Å². The molecule has 0 saturated heterocycles. The molecule has 0 radical (unpaired) electrons. The zero-order chi connectivity index (χ0) is 24.6. The summed E-state index contributed by atoms with van der Waals surface area (Å²) in [6.07, 6.45) is -3.54. The molecule has 34 heavy (non-hydrogen) atoms. The van der Waals surface area contributed by atoms with Gasteiger partial charge in [-0.2, -0.15) is 13.2 Å². The van der Waals surface area contributed by atoms with E-state index in [1.54, 1.807) is 30.3 Å². The Labute approximate surface area is 198 Å². The van der Waals surface area contributed by atoms with Gasteiger partial charge in [-0.25, -0.2) is 4.79 Å². The number of nitrogens with one attached hydrogen (secondary N) is 1. The van der Waals surface area contributed by atoms with E-state index in [4.69, 9.17) is 5.11 Å². The number of nitrogens with zero attached hydrogens (tertiary/aromatic N) is 1. The Kier molecular flexibility index (Phi) is 8.85. The van der Waals surface area contributed by atoms with Crippen LogP contribution in [0.2, 0.25) is 0 Å². The Morgan fingerprint density at radius 3 is 2.21 bits per heavy atom. The Bertz CT molecular complexity index is 1060. The number of alkyl halides is 3. The molecule has 0 unspecified atom stereocenters. The normalized spacial score (nSPS) is 11.7. The highest BCUT2D eigenvalue weighted by molar-refractivity contribution is 5.87. The highest BCUT2D eigenvalue weighted by atomic mass is 19.4. The number of carboxylic acid groups (broad SMARTS) is 1. The first-order valence-electron chi connectivity index (χ1n) is 11.2. The van der Waals surface area contributed by atoms with Crippen molar-refractivity contribution in [2.75, 3.05) is 13.1 Å². The smallest absolute Gasteiger partial charge is 0.416 e. The van der Waals surface area contributed by atoms with Gasteiger partial charge in [0, 0.05) is 26.2 Å². The predicted molar refractivity (Wildman–Crippen MR) is 126 cm³/mol. The lowest BCUT2D eigenvalue weighted by atomic mass is 10.1. The van der Waals surface area contributed by atoms with Crippen LogP contribution >= 0.6 is 0 Å². The van der Waals surface area contributed by atoms with Crippen molar-refractivity contribution in [2.45, 2.75) is 39.2 Å². The maximum absolute atomic E-state index is 13.1. The van der Waals surface area contributed by atoms with Crippen molar-refractivity contribution < 1.29 is 23.1 Å². The van der Waals surface area contributed by atoms with E-state index >= 15 is 0 Å². The highest BCUT2D eigenvalue weighted by Crippen LogP contribution is 2.29. The lowest BCUT2D eigenvalue weighted by molar-refractivity contribution is -0.137. The molecule has 0 heterocycles. The van der Waals surface area contributed by atoms with Gasteiger partial charge in [0.25, 0.3) is 0 Å². The van der Waals surface area contributed by atoms with E-state index in [1.165, 1.54) is 12.1 Å². The third kappa shape index (κ3) is 8.01.